The van der Waals surface area contributed by atoms with Crippen molar-refractivity contribution in [2.45, 2.75) is 24.2 Å². The van der Waals surface area contributed by atoms with Crippen LogP contribution < -0.4 is 10.6 Å². The van der Waals surface area contributed by atoms with Crippen molar-refractivity contribution in [2.75, 3.05) is 0 Å². The Hall–Kier alpha value is -0.982. The first kappa shape index (κ1) is 14.4. The van der Waals surface area contributed by atoms with E-state index in [0.717, 1.165) is 21.2 Å². The molecule has 0 radical (unpaired) electrons. The topological polar surface area (TPSA) is 12.4 Å². The van der Waals surface area contributed by atoms with Crippen LogP contribution in [0.25, 0.3) is 6.58 Å². The Labute approximate surface area is 133 Å². The predicted octanol–water partition coefficient (Wildman–Crippen LogP) is 2.59. The normalized spacial score (nSPS) is 14.6. The summed E-state index contributed by atoms with van der Waals surface area (Å²) in [5.74, 6) is 0. The van der Waals surface area contributed by atoms with Gasteiger partial charge in [-0.25, -0.2) is 4.99 Å². The summed E-state index contributed by atoms with van der Waals surface area (Å²) in [4.78, 5) is 5.58. The average Bonchev–Trinajstić information content (AvgIpc) is 2.32. The first-order valence-corrected chi connectivity index (χ1v) is 6.39. The summed E-state index contributed by atoms with van der Waals surface area (Å²) >= 11 is 5.27. The number of benzene rings is 2. The van der Waals surface area contributed by atoms with Crippen molar-refractivity contribution in [1.29, 1.82) is 0 Å². The molecule has 0 bridgehead atoms. The van der Waals surface area contributed by atoms with E-state index in [9.17, 15) is 0 Å². The van der Waals surface area contributed by atoms with Crippen LogP contribution in [-0.4, -0.2) is 0 Å². The third-order valence-corrected chi connectivity index (χ3v) is 3.87. The molecule has 1 nitrogen and oxygen atoms in total. The molecule has 0 saturated carbocycles. The summed E-state index contributed by atoms with van der Waals surface area (Å²) in [7, 11) is 0. The maximum Gasteiger partial charge on any atom is 0.0678 e. The quantitative estimate of drug-likeness (QED) is 0.579. The fourth-order valence-corrected chi connectivity index (χ4v) is 2.76. The first-order valence-electron chi connectivity index (χ1n) is 5.98. The van der Waals surface area contributed by atoms with Gasteiger partial charge in [-0.1, -0.05) is 38.6 Å². The summed E-state index contributed by atoms with van der Waals surface area (Å²) in [6.07, 6.45) is 0. The van der Waals surface area contributed by atoms with Crippen molar-refractivity contribution in [1.82, 2.24) is 0 Å². The second-order valence-corrected chi connectivity index (χ2v) is 5.74. The Kier molecular flexibility index (Phi) is 3.68. The van der Waals surface area contributed by atoms with Crippen molar-refractivity contribution < 1.29 is 21.1 Å². The van der Waals surface area contributed by atoms with E-state index in [1.54, 1.807) is 0 Å². The van der Waals surface area contributed by atoms with Crippen LogP contribution in [0, 0.1) is 0 Å². The van der Waals surface area contributed by atoms with E-state index in [-0.39, 0.29) is 26.5 Å². The summed E-state index contributed by atoms with van der Waals surface area (Å²) in [6, 6.07) is 12.2. The number of fused-ring (bicyclic) bond motifs is 2. The molecule has 1 heterocycles. The van der Waals surface area contributed by atoms with Crippen LogP contribution in [-0.2, 0) is 39.1 Å². The van der Waals surface area contributed by atoms with Gasteiger partial charge in [0.1, 0.15) is 0 Å². The Balaban J connectivity index is 0.00000133. The van der Waals surface area contributed by atoms with Gasteiger partial charge in [-0.2, -0.15) is 4.90 Å². The zero-order chi connectivity index (χ0) is 12.9. The predicted molar refractivity (Wildman–Crippen MR) is 76.6 cm³/mol. The molecule has 3 rings (SSSR count). The summed E-state index contributed by atoms with van der Waals surface area (Å²) in [5.41, 5.74) is 3.38. The molecule has 0 N–H and O–H groups in total. The largest absolute Gasteiger partial charge is 0.780 e. The molecule has 0 saturated heterocycles. The second-order valence-electron chi connectivity index (χ2n) is 5.27. The molecule has 0 spiro atoms. The maximum absolute atomic E-state index is 5.27. The molecule has 0 fully saturated rings. The second kappa shape index (κ2) is 4.85. The van der Waals surface area contributed by atoms with Gasteiger partial charge in [-0.15, -0.1) is 0 Å². The van der Waals surface area contributed by atoms with Crippen LogP contribution in [0.2, 0.25) is 0 Å². The van der Waals surface area contributed by atoms with Gasteiger partial charge in [-0.3, -0.25) is 0 Å². The minimum atomic E-state index is -0.0745. The van der Waals surface area contributed by atoms with E-state index in [1.807, 2.05) is 24.3 Å². The van der Waals surface area contributed by atoms with E-state index in [0.29, 0.717) is 0 Å². The monoisotopic (exact) mass is 436 g/mol. The minimum absolute atomic E-state index is 0. The zero-order valence-electron chi connectivity index (χ0n) is 10.9. The van der Waals surface area contributed by atoms with Gasteiger partial charge in [0.15, 0.2) is 0 Å². The molecule has 0 aromatic heterocycles. The first-order chi connectivity index (χ1) is 8.48. The van der Waals surface area contributed by atoms with Gasteiger partial charge in [0.2, 0.25) is 0 Å². The third-order valence-electron chi connectivity index (χ3n) is 3.62. The van der Waals surface area contributed by atoms with Crippen LogP contribution in [0.15, 0.2) is 46.3 Å². The van der Waals surface area contributed by atoms with Gasteiger partial charge in [-0.05, 0) is 34.5 Å². The van der Waals surface area contributed by atoms with Crippen molar-refractivity contribution in [3.8, 4) is 0 Å². The number of rotatable bonds is 0. The van der Waals surface area contributed by atoms with E-state index < -0.39 is 0 Å². The summed E-state index contributed by atoms with van der Waals surface area (Å²) in [5, 5.41) is 2.06. The summed E-state index contributed by atoms with van der Waals surface area (Å²) < 4.78 is 0. The molecule has 19 heavy (non-hydrogen) atoms. The van der Waals surface area contributed by atoms with E-state index in [4.69, 9.17) is 17.6 Å². The Morgan fingerprint density at radius 3 is 2.53 bits per heavy atom. The van der Waals surface area contributed by atoms with Crippen LogP contribution in [0.4, 0.5) is 5.69 Å². The standard InChI is InChI=1S/C16H15NS.W/c1-10-4-6-14-12(8-10)16(2,3)13-9-11(18)5-7-15(13)17-14;/h4-9,18H,1H2,2-3H3;/p-1. The maximum atomic E-state index is 5.27. The molecular formula is C16H14NSW-. The van der Waals surface area contributed by atoms with Crippen molar-refractivity contribution in [2.24, 2.45) is 4.99 Å². The average molecular weight is 436 g/mol. The SMILES string of the molecule is C=c1ccc2c(c1)C(C)(C)c1cc([S-])ccc1N=2.[W]. The van der Waals surface area contributed by atoms with Gasteiger partial charge < -0.3 is 12.6 Å². The Bertz CT molecular complexity index is 750. The number of nitrogens with zero attached hydrogens (tertiary/aromatic N) is 1. The van der Waals surface area contributed by atoms with Gasteiger partial charge in [0.25, 0.3) is 0 Å². The molecule has 2 aromatic carbocycles. The number of hydrogen-bond donors (Lipinski definition) is 0. The van der Waals surface area contributed by atoms with Crippen molar-refractivity contribution in [3.63, 3.8) is 0 Å². The fraction of sp³-hybridized carbons (Fsp3) is 0.188. The molecule has 1 aliphatic heterocycles. The smallest absolute Gasteiger partial charge is 0.0678 e. The van der Waals surface area contributed by atoms with Gasteiger partial charge in [0.05, 0.1) is 11.0 Å². The van der Waals surface area contributed by atoms with Crippen LogP contribution in [0.1, 0.15) is 25.0 Å². The molecule has 96 valence electrons. The molecular weight excluding hydrogens is 422 g/mol. The Morgan fingerprint density at radius 2 is 1.79 bits per heavy atom. The molecule has 1 aliphatic rings. The van der Waals surface area contributed by atoms with Crippen LogP contribution >= 0.6 is 0 Å². The molecule has 0 unspecified atom stereocenters. The van der Waals surface area contributed by atoms with Crippen molar-refractivity contribution in [3.05, 3.63) is 58.1 Å². The fourth-order valence-electron chi connectivity index (χ4n) is 2.57. The third kappa shape index (κ3) is 2.28. The molecule has 0 amide bonds. The molecule has 0 atom stereocenters. The zero-order valence-corrected chi connectivity index (χ0v) is 14.7. The van der Waals surface area contributed by atoms with Gasteiger partial charge >= 0.3 is 0 Å². The molecule has 2 aromatic rings. The number of hydrogen-bond acceptors (Lipinski definition) is 2. The van der Waals surface area contributed by atoms with Crippen molar-refractivity contribution >= 4 is 24.9 Å². The van der Waals surface area contributed by atoms with Crippen LogP contribution in [0.3, 0.4) is 0 Å². The Morgan fingerprint density at radius 1 is 1.05 bits per heavy atom. The molecule has 3 heteroatoms. The van der Waals surface area contributed by atoms with Crippen LogP contribution in [0.5, 0.6) is 0 Å². The van der Waals surface area contributed by atoms with E-state index in [1.165, 1.54) is 11.1 Å². The van der Waals surface area contributed by atoms with E-state index in [2.05, 4.69) is 32.6 Å². The molecule has 0 aliphatic carbocycles. The van der Waals surface area contributed by atoms with E-state index >= 15 is 0 Å². The summed E-state index contributed by atoms with van der Waals surface area (Å²) in [6.45, 7) is 8.44. The minimum Gasteiger partial charge on any atom is -0.780 e. The van der Waals surface area contributed by atoms with Gasteiger partial charge in [0, 0.05) is 26.5 Å².